The van der Waals surface area contributed by atoms with Crippen molar-refractivity contribution in [2.24, 2.45) is 0 Å². The van der Waals surface area contributed by atoms with E-state index in [0.717, 1.165) is 25.7 Å². The van der Waals surface area contributed by atoms with Crippen molar-refractivity contribution in [3.05, 3.63) is 35.9 Å². The molecule has 22 heavy (non-hydrogen) atoms. The number of carboxylic acid groups (broad SMARTS) is 1. The molecular weight excluding hydrogens is 280 g/mol. The number of nitrogens with one attached hydrogen (secondary N) is 2. The summed E-state index contributed by atoms with van der Waals surface area (Å²) >= 11 is 0. The number of hydrogen-bond donors (Lipinski definition) is 3. The predicted molar refractivity (Wildman–Crippen MR) is 84.8 cm³/mol. The van der Waals surface area contributed by atoms with Gasteiger partial charge in [-0.25, -0.2) is 4.79 Å². The number of amides is 2. The third kappa shape index (κ3) is 5.39. The van der Waals surface area contributed by atoms with E-state index in [2.05, 4.69) is 34.9 Å². The molecule has 0 unspecified atom stereocenters. The summed E-state index contributed by atoms with van der Waals surface area (Å²) < 4.78 is 0. The Morgan fingerprint density at radius 3 is 2.41 bits per heavy atom. The molecule has 0 aromatic heterocycles. The van der Waals surface area contributed by atoms with E-state index in [-0.39, 0.29) is 18.5 Å². The van der Waals surface area contributed by atoms with Crippen molar-refractivity contribution in [2.75, 3.05) is 6.54 Å². The normalized spacial score (nSPS) is 21.1. The van der Waals surface area contributed by atoms with Crippen molar-refractivity contribution in [2.45, 2.75) is 50.5 Å². The van der Waals surface area contributed by atoms with Crippen LogP contribution < -0.4 is 10.6 Å². The summed E-state index contributed by atoms with van der Waals surface area (Å²) in [4.78, 5) is 22.1. The van der Waals surface area contributed by atoms with E-state index in [0.29, 0.717) is 18.9 Å². The molecule has 0 bridgehead atoms. The van der Waals surface area contributed by atoms with Crippen LogP contribution in [-0.4, -0.2) is 29.7 Å². The molecule has 5 nitrogen and oxygen atoms in total. The number of urea groups is 1. The smallest absolute Gasteiger partial charge is 0.315 e. The summed E-state index contributed by atoms with van der Waals surface area (Å²) in [6.45, 7) is 0.400. The second-order valence-corrected chi connectivity index (χ2v) is 5.86. The molecule has 0 aliphatic heterocycles. The molecule has 0 radical (unpaired) electrons. The highest BCUT2D eigenvalue weighted by atomic mass is 16.4. The van der Waals surface area contributed by atoms with Gasteiger partial charge < -0.3 is 15.7 Å². The Balaban J connectivity index is 1.64. The van der Waals surface area contributed by atoms with Crippen LogP contribution in [0.1, 0.15) is 50.0 Å². The summed E-state index contributed by atoms with van der Waals surface area (Å²) in [5, 5.41) is 14.2. The number of hydrogen-bond acceptors (Lipinski definition) is 2. The van der Waals surface area contributed by atoms with Gasteiger partial charge in [-0.3, -0.25) is 4.79 Å². The average Bonchev–Trinajstić information content (AvgIpc) is 2.53. The maximum Gasteiger partial charge on any atom is 0.315 e. The first kappa shape index (κ1) is 16.3. The summed E-state index contributed by atoms with van der Waals surface area (Å²) in [6.07, 6.45) is 4.71. The number of carbonyl (C=O) groups is 2. The van der Waals surface area contributed by atoms with Crippen LogP contribution in [0.15, 0.2) is 30.3 Å². The second-order valence-electron chi connectivity index (χ2n) is 5.86. The van der Waals surface area contributed by atoms with Crippen LogP contribution in [0.2, 0.25) is 0 Å². The molecule has 1 saturated carbocycles. The molecule has 0 saturated heterocycles. The first-order valence-electron chi connectivity index (χ1n) is 7.96. The Bertz CT molecular complexity index is 482. The molecule has 1 fully saturated rings. The Morgan fingerprint density at radius 2 is 1.77 bits per heavy atom. The molecule has 120 valence electrons. The Labute approximate surface area is 131 Å². The lowest BCUT2D eigenvalue weighted by atomic mass is 9.82. The molecule has 0 heterocycles. The van der Waals surface area contributed by atoms with E-state index in [4.69, 9.17) is 5.11 Å². The van der Waals surface area contributed by atoms with Gasteiger partial charge in [0.15, 0.2) is 0 Å². The number of carbonyl (C=O) groups excluding carboxylic acids is 1. The van der Waals surface area contributed by atoms with Gasteiger partial charge in [-0.1, -0.05) is 30.3 Å². The fourth-order valence-corrected chi connectivity index (χ4v) is 2.97. The Kier molecular flexibility index (Phi) is 6.25. The minimum atomic E-state index is -0.832. The van der Waals surface area contributed by atoms with Crippen LogP contribution in [0.5, 0.6) is 0 Å². The van der Waals surface area contributed by atoms with Crippen molar-refractivity contribution in [1.82, 2.24) is 10.6 Å². The zero-order valence-corrected chi connectivity index (χ0v) is 12.8. The summed E-state index contributed by atoms with van der Waals surface area (Å²) in [6, 6.07) is 10.6. The zero-order chi connectivity index (χ0) is 15.8. The van der Waals surface area contributed by atoms with Gasteiger partial charge >= 0.3 is 12.0 Å². The number of carboxylic acids is 1. The summed E-state index contributed by atoms with van der Waals surface area (Å²) in [7, 11) is 0. The molecule has 0 atom stereocenters. The zero-order valence-electron chi connectivity index (χ0n) is 12.8. The molecule has 1 aliphatic carbocycles. The van der Waals surface area contributed by atoms with Crippen molar-refractivity contribution in [1.29, 1.82) is 0 Å². The van der Waals surface area contributed by atoms with Gasteiger partial charge in [0.2, 0.25) is 0 Å². The van der Waals surface area contributed by atoms with E-state index >= 15 is 0 Å². The van der Waals surface area contributed by atoms with Gasteiger partial charge in [-0.2, -0.15) is 0 Å². The van der Waals surface area contributed by atoms with E-state index in [9.17, 15) is 9.59 Å². The van der Waals surface area contributed by atoms with Crippen LogP contribution in [-0.2, 0) is 4.79 Å². The lowest BCUT2D eigenvalue weighted by Gasteiger charge is -2.29. The molecule has 0 spiro atoms. The minimum absolute atomic E-state index is 0.0858. The van der Waals surface area contributed by atoms with Crippen LogP contribution in [0, 0.1) is 0 Å². The molecule has 1 aliphatic rings. The summed E-state index contributed by atoms with van der Waals surface area (Å²) in [5.74, 6) is -0.237. The lowest BCUT2D eigenvalue weighted by molar-refractivity contribution is -0.137. The van der Waals surface area contributed by atoms with Crippen molar-refractivity contribution < 1.29 is 14.7 Å². The fraction of sp³-hybridized carbons (Fsp3) is 0.529. The number of aliphatic carboxylic acids is 1. The molecule has 2 rings (SSSR count). The fourth-order valence-electron chi connectivity index (χ4n) is 2.97. The van der Waals surface area contributed by atoms with Gasteiger partial charge in [0.05, 0.1) is 0 Å². The first-order valence-corrected chi connectivity index (χ1v) is 7.96. The third-order valence-electron chi connectivity index (χ3n) is 4.19. The largest absolute Gasteiger partial charge is 0.481 e. The predicted octanol–water partition coefficient (Wildman–Crippen LogP) is 2.88. The Morgan fingerprint density at radius 1 is 1.09 bits per heavy atom. The van der Waals surface area contributed by atoms with Crippen molar-refractivity contribution in [3.8, 4) is 0 Å². The van der Waals surface area contributed by atoms with E-state index in [1.54, 1.807) is 0 Å². The molecule has 3 N–H and O–H groups in total. The number of rotatable bonds is 6. The van der Waals surface area contributed by atoms with E-state index in [1.165, 1.54) is 5.56 Å². The molecule has 1 aromatic carbocycles. The van der Waals surface area contributed by atoms with Gasteiger partial charge in [-0.05, 0) is 43.6 Å². The Hall–Kier alpha value is -2.04. The van der Waals surface area contributed by atoms with Gasteiger partial charge in [-0.15, -0.1) is 0 Å². The third-order valence-corrected chi connectivity index (χ3v) is 4.19. The molecule has 2 amide bonds. The standard InChI is InChI=1S/C17H24N2O3/c20-16(21)7-4-12-18-17(22)19-15-10-8-14(9-11-15)13-5-2-1-3-6-13/h1-3,5-6,14-15H,4,7-12H2,(H,20,21)(H2,18,19,22). The molecular formula is C17H24N2O3. The van der Waals surface area contributed by atoms with Crippen molar-refractivity contribution >= 4 is 12.0 Å². The van der Waals surface area contributed by atoms with Crippen LogP contribution >= 0.6 is 0 Å². The topological polar surface area (TPSA) is 78.4 Å². The highest BCUT2D eigenvalue weighted by Gasteiger charge is 2.23. The van der Waals surface area contributed by atoms with Crippen LogP contribution in [0.25, 0.3) is 0 Å². The van der Waals surface area contributed by atoms with E-state index < -0.39 is 5.97 Å². The SMILES string of the molecule is O=C(O)CCCNC(=O)NC1CCC(c2ccccc2)CC1. The highest BCUT2D eigenvalue weighted by molar-refractivity contribution is 5.74. The maximum absolute atomic E-state index is 11.7. The van der Waals surface area contributed by atoms with Gasteiger partial charge in [0.1, 0.15) is 0 Å². The van der Waals surface area contributed by atoms with Gasteiger partial charge in [0, 0.05) is 19.0 Å². The van der Waals surface area contributed by atoms with E-state index in [1.807, 2.05) is 6.07 Å². The first-order chi connectivity index (χ1) is 10.6. The number of benzene rings is 1. The van der Waals surface area contributed by atoms with Crippen LogP contribution in [0.3, 0.4) is 0 Å². The molecule has 1 aromatic rings. The monoisotopic (exact) mass is 304 g/mol. The quantitative estimate of drug-likeness (QED) is 0.707. The van der Waals surface area contributed by atoms with Gasteiger partial charge in [0.25, 0.3) is 0 Å². The van der Waals surface area contributed by atoms with Crippen molar-refractivity contribution in [3.63, 3.8) is 0 Å². The molecule has 5 heteroatoms. The summed E-state index contributed by atoms with van der Waals surface area (Å²) in [5.41, 5.74) is 1.39. The minimum Gasteiger partial charge on any atom is -0.481 e. The lowest BCUT2D eigenvalue weighted by Crippen LogP contribution is -2.43. The average molecular weight is 304 g/mol. The highest BCUT2D eigenvalue weighted by Crippen LogP contribution is 2.32. The van der Waals surface area contributed by atoms with Crippen LogP contribution in [0.4, 0.5) is 4.79 Å². The second kappa shape index (κ2) is 8.41. The maximum atomic E-state index is 11.7.